The number of nitrogens with zero attached hydrogens (tertiary/aromatic N) is 2. The second-order valence-corrected chi connectivity index (χ2v) is 14.0. The average molecular weight is 671 g/mol. The Morgan fingerprint density at radius 1 is 0.373 bits per heavy atom. The van der Waals surface area contributed by atoms with Crippen molar-refractivity contribution in [2.75, 3.05) is 0 Å². The third-order valence-electron chi connectivity index (χ3n) is 9.91. The van der Waals surface area contributed by atoms with Gasteiger partial charge < -0.3 is 8.83 Å². The number of fused-ring (bicyclic) bond motifs is 9. The quantitative estimate of drug-likeness (QED) is 0.187. The van der Waals surface area contributed by atoms with Gasteiger partial charge in [-0.25, -0.2) is 9.97 Å². The molecule has 7 aromatic carbocycles. The zero-order valence-electron chi connectivity index (χ0n) is 27.1. The van der Waals surface area contributed by atoms with E-state index in [1.54, 1.807) is 0 Å². The van der Waals surface area contributed by atoms with Crippen molar-refractivity contribution in [1.29, 1.82) is 0 Å². The molecule has 0 amide bonds. The smallest absolute Gasteiger partial charge is 0.160 e. The van der Waals surface area contributed by atoms with Crippen molar-refractivity contribution in [3.05, 3.63) is 158 Å². The molecule has 0 radical (unpaired) electrons. The molecule has 0 aliphatic rings. The van der Waals surface area contributed by atoms with E-state index in [2.05, 4.69) is 115 Å². The van der Waals surface area contributed by atoms with Crippen molar-refractivity contribution in [3.8, 4) is 45.0 Å². The molecule has 0 bridgehead atoms. The Bertz CT molecular complexity index is 3150. The number of para-hydroxylation sites is 2. The Morgan fingerprint density at radius 3 is 1.82 bits per heavy atom. The molecule has 11 rings (SSSR count). The summed E-state index contributed by atoms with van der Waals surface area (Å²) in [4.78, 5) is 10.5. The van der Waals surface area contributed by atoms with E-state index >= 15 is 0 Å². The van der Waals surface area contributed by atoms with E-state index in [4.69, 9.17) is 18.8 Å². The lowest BCUT2D eigenvalue weighted by Gasteiger charge is -2.10. The van der Waals surface area contributed by atoms with Gasteiger partial charge in [0.1, 0.15) is 22.3 Å². The number of hydrogen-bond donors (Lipinski definition) is 0. The Hall–Kier alpha value is -6.56. The maximum absolute atomic E-state index is 6.30. The molecular weight excluding hydrogens is 645 g/mol. The van der Waals surface area contributed by atoms with E-state index in [1.807, 2.05) is 53.8 Å². The van der Waals surface area contributed by atoms with Crippen LogP contribution in [0.3, 0.4) is 0 Å². The number of aromatic nitrogens is 2. The molecule has 238 valence electrons. The van der Waals surface area contributed by atoms with Crippen LogP contribution in [0, 0.1) is 0 Å². The molecule has 11 aromatic rings. The predicted molar refractivity (Wildman–Crippen MR) is 211 cm³/mol. The van der Waals surface area contributed by atoms with E-state index in [0.29, 0.717) is 5.82 Å². The zero-order chi connectivity index (χ0) is 33.5. The van der Waals surface area contributed by atoms with Crippen LogP contribution in [-0.4, -0.2) is 9.97 Å². The maximum atomic E-state index is 6.30. The molecule has 0 atom stereocenters. The molecule has 0 saturated carbocycles. The van der Waals surface area contributed by atoms with Gasteiger partial charge in [0, 0.05) is 58.4 Å². The maximum Gasteiger partial charge on any atom is 0.160 e. The van der Waals surface area contributed by atoms with Gasteiger partial charge in [-0.2, -0.15) is 0 Å². The van der Waals surface area contributed by atoms with E-state index in [9.17, 15) is 0 Å². The highest BCUT2D eigenvalue weighted by molar-refractivity contribution is 7.26. The fraction of sp³-hybridized carbons (Fsp3) is 0. The lowest BCUT2D eigenvalue weighted by molar-refractivity contribution is 0.668. The minimum absolute atomic E-state index is 0.652. The predicted octanol–water partition coefficient (Wildman–Crippen LogP) is 13.3. The molecule has 4 aromatic heterocycles. The second-order valence-electron chi connectivity index (χ2n) is 12.9. The minimum atomic E-state index is 0.652. The van der Waals surface area contributed by atoms with E-state index in [-0.39, 0.29) is 0 Å². The number of hydrogen-bond acceptors (Lipinski definition) is 5. The molecule has 5 heteroatoms. The summed E-state index contributed by atoms with van der Waals surface area (Å²) in [6.45, 7) is 0. The van der Waals surface area contributed by atoms with Gasteiger partial charge in [-0.3, -0.25) is 0 Å². The minimum Gasteiger partial charge on any atom is -0.456 e. The molecule has 0 aliphatic carbocycles. The molecule has 4 heterocycles. The van der Waals surface area contributed by atoms with Crippen LogP contribution >= 0.6 is 11.3 Å². The molecule has 4 nitrogen and oxygen atoms in total. The van der Waals surface area contributed by atoms with Crippen LogP contribution in [0.2, 0.25) is 0 Å². The summed E-state index contributed by atoms with van der Waals surface area (Å²) >= 11 is 1.83. The summed E-state index contributed by atoms with van der Waals surface area (Å²) in [5.41, 5.74) is 10.5. The SMILES string of the molecule is c1ccc(-c2cccc3sc4ccc(-c5cc(-c6ccc7c(c6)oc6ccccc67)nc(-c6ccc7oc8ccccc8c7c6)n5)cc4c23)cc1. The molecule has 0 unspecified atom stereocenters. The van der Waals surface area contributed by atoms with Gasteiger partial charge in [-0.1, -0.05) is 91.0 Å². The standard InChI is InChI=1S/C46H26N2O2S/c1-2-9-27(10-3-1)31-13-8-16-44-45(31)36-23-28(19-22-43(36)51-44)37-26-38(29-17-20-34-32-11-4-6-14-39(32)50-42(34)25-29)48-46(47-37)30-18-21-41-35(24-30)33-12-5-7-15-40(33)49-41/h1-26H. The van der Waals surface area contributed by atoms with Crippen molar-refractivity contribution >= 4 is 75.4 Å². The molecule has 0 N–H and O–H groups in total. The number of benzene rings is 7. The normalized spacial score (nSPS) is 11.9. The van der Waals surface area contributed by atoms with Gasteiger partial charge in [-0.05, 0) is 77.9 Å². The highest BCUT2D eigenvalue weighted by Gasteiger charge is 2.17. The van der Waals surface area contributed by atoms with E-state index in [1.165, 1.54) is 31.3 Å². The van der Waals surface area contributed by atoms with Gasteiger partial charge in [0.05, 0.1) is 11.4 Å². The molecule has 0 aliphatic heterocycles. The first-order chi connectivity index (χ1) is 25.2. The van der Waals surface area contributed by atoms with Gasteiger partial charge in [0.2, 0.25) is 0 Å². The topological polar surface area (TPSA) is 52.1 Å². The molecule has 0 fully saturated rings. The molecular formula is C46H26N2O2S. The van der Waals surface area contributed by atoms with Gasteiger partial charge in [0.15, 0.2) is 5.82 Å². The van der Waals surface area contributed by atoms with Crippen LogP contribution in [0.4, 0.5) is 0 Å². The third kappa shape index (κ3) is 4.52. The summed E-state index contributed by atoms with van der Waals surface area (Å²) in [6.07, 6.45) is 0. The van der Waals surface area contributed by atoms with E-state index in [0.717, 1.165) is 72.0 Å². The van der Waals surface area contributed by atoms with Crippen LogP contribution in [0.1, 0.15) is 0 Å². The number of rotatable bonds is 4. The Morgan fingerprint density at radius 2 is 1.00 bits per heavy atom. The first-order valence-electron chi connectivity index (χ1n) is 17.0. The molecule has 0 saturated heterocycles. The summed E-state index contributed by atoms with van der Waals surface area (Å²) in [6, 6.07) is 55.0. The van der Waals surface area contributed by atoms with Crippen LogP contribution < -0.4 is 0 Å². The van der Waals surface area contributed by atoms with Crippen LogP contribution in [-0.2, 0) is 0 Å². The van der Waals surface area contributed by atoms with Gasteiger partial charge in [-0.15, -0.1) is 11.3 Å². The van der Waals surface area contributed by atoms with Crippen molar-refractivity contribution in [3.63, 3.8) is 0 Å². The number of thiophene rings is 1. The Balaban J connectivity index is 1.13. The van der Waals surface area contributed by atoms with Crippen molar-refractivity contribution < 1.29 is 8.83 Å². The lowest BCUT2D eigenvalue weighted by Crippen LogP contribution is -1.96. The van der Waals surface area contributed by atoms with Crippen LogP contribution in [0.25, 0.3) is 109 Å². The fourth-order valence-electron chi connectivity index (χ4n) is 7.47. The Kier molecular flexibility index (Phi) is 6.09. The third-order valence-corrected chi connectivity index (χ3v) is 11.0. The van der Waals surface area contributed by atoms with Gasteiger partial charge in [0.25, 0.3) is 0 Å². The molecule has 51 heavy (non-hydrogen) atoms. The average Bonchev–Trinajstić information content (AvgIpc) is 3.88. The summed E-state index contributed by atoms with van der Waals surface area (Å²) in [7, 11) is 0. The van der Waals surface area contributed by atoms with Crippen LogP contribution in [0.5, 0.6) is 0 Å². The highest BCUT2D eigenvalue weighted by Crippen LogP contribution is 2.42. The number of furan rings is 2. The largest absolute Gasteiger partial charge is 0.456 e. The van der Waals surface area contributed by atoms with Crippen molar-refractivity contribution in [2.45, 2.75) is 0 Å². The zero-order valence-corrected chi connectivity index (χ0v) is 27.9. The summed E-state index contributed by atoms with van der Waals surface area (Å²) in [5, 5.41) is 6.81. The highest BCUT2D eigenvalue weighted by atomic mass is 32.1. The van der Waals surface area contributed by atoms with Crippen LogP contribution in [0.15, 0.2) is 167 Å². The monoisotopic (exact) mass is 670 g/mol. The first kappa shape index (κ1) is 28.3. The fourth-order valence-corrected chi connectivity index (χ4v) is 8.58. The summed E-state index contributed by atoms with van der Waals surface area (Å²) < 4.78 is 15.0. The lowest BCUT2D eigenvalue weighted by atomic mass is 9.98. The van der Waals surface area contributed by atoms with Crippen molar-refractivity contribution in [1.82, 2.24) is 9.97 Å². The van der Waals surface area contributed by atoms with E-state index < -0.39 is 0 Å². The second kappa shape index (κ2) is 11.0. The van der Waals surface area contributed by atoms with Crippen molar-refractivity contribution in [2.24, 2.45) is 0 Å². The molecule has 0 spiro atoms. The Labute approximate surface area is 295 Å². The summed E-state index contributed by atoms with van der Waals surface area (Å²) in [5.74, 6) is 0.652. The first-order valence-corrected chi connectivity index (χ1v) is 17.8. The van der Waals surface area contributed by atoms with Gasteiger partial charge >= 0.3 is 0 Å².